The SMILES string of the molecule is CCC(N)CCCOc1cccc(C(C)C)c1. The first-order chi connectivity index (χ1) is 8.13. The van der Waals surface area contributed by atoms with Crippen molar-refractivity contribution in [3.8, 4) is 5.75 Å². The summed E-state index contributed by atoms with van der Waals surface area (Å²) in [7, 11) is 0. The molecular weight excluding hydrogens is 210 g/mol. The first kappa shape index (κ1) is 14.0. The van der Waals surface area contributed by atoms with Gasteiger partial charge in [0.25, 0.3) is 0 Å². The molecule has 2 N–H and O–H groups in total. The molecular formula is C15H25NO. The molecule has 0 aliphatic rings. The quantitative estimate of drug-likeness (QED) is 0.731. The van der Waals surface area contributed by atoms with Gasteiger partial charge >= 0.3 is 0 Å². The van der Waals surface area contributed by atoms with Gasteiger partial charge in [0.2, 0.25) is 0 Å². The summed E-state index contributed by atoms with van der Waals surface area (Å²) in [4.78, 5) is 0. The fraction of sp³-hybridized carbons (Fsp3) is 0.600. The molecule has 0 radical (unpaired) electrons. The van der Waals surface area contributed by atoms with Crippen LogP contribution in [-0.4, -0.2) is 12.6 Å². The fourth-order valence-corrected chi connectivity index (χ4v) is 1.70. The highest BCUT2D eigenvalue weighted by atomic mass is 16.5. The van der Waals surface area contributed by atoms with Crippen LogP contribution in [0, 0.1) is 0 Å². The Morgan fingerprint density at radius 2 is 2.06 bits per heavy atom. The van der Waals surface area contributed by atoms with Crippen LogP contribution in [0.3, 0.4) is 0 Å². The largest absolute Gasteiger partial charge is 0.494 e. The molecule has 1 atom stereocenters. The molecule has 1 aromatic carbocycles. The van der Waals surface area contributed by atoms with Crippen LogP contribution in [-0.2, 0) is 0 Å². The van der Waals surface area contributed by atoms with Crippen molar-refractivity contribution in [3.05, 3.63) is 29.8 Å². The molecule has 0 heterocycles. The fourth-order valence-electron chi connectivity index (χ4n) is 1.70. The van der Waals surface area contributed by atoms with E-state index in [1.807, 2.05) is 6.07 Å². The topological polar surface area (TPSA) is 35.2 Å². The lowest BCUT2D eigenvalue weighted by Crippen LogP contribution is -2.19. The summed E-state index contributed by atoms with van der Waals surface area (Å²) in [6.07, 6.45) is 3.12. The average molecular weight is 235 g/mol. The van der Waals surface area contributed by atoms with Crippen molar-refractivity contribution in [1.29, 1.82) is 0 Å². The van der Waals surface area contributed by atoms with Crippen molar-refractivity contribution >= 4 is 0 Å². The third kappa shape index (κ3) is 5.22. The molecule has 0 saturated heterocycles. The van der Waals surface area contributed by atoms with Crippen molar-refractivity contribution in [2.45, 2.75) is 52.0 Å². The van der Waals surface area contributed by atoms with Crippen molar-refractivity contribution in [2.24, 2.45) is 5.73 Å². The van der Waals surface area contributed by atoms with Gasteiger partial charge < -0.3 is 10.5 Å². The van der Waals surface area contributed by atoms with E-state index in [2.05, 4.69) is 39.0 Å². The zero-order chi connectivity index (χ0) is 12.7. The Labute approximate surface area is 105 Å². The maximum Gasteiger partial charge on any atom is 0.119 e. The second-order valence-electron chi connectivity index (χ2n) is 4.89. The minimum Gasteiger partial charge on any atom is -0.494 e. The molecule has 0 aliphatic heterocycles. The Bertz CT molecular complexity index is 322. The van der Waals surface area contributed by atoms with Gasteiger partial charge in [-0.2, -0.15) is 0 Å². The standard InChI is InChI=1S/C15H25NO/c1-4-14(16)8-6-10-17-15-9-5-7-13(11-15)12(2)3/h5,7,9,11-12,14H,4,6,8,10,16H2,1-3H3. The third-order valence-electron chi connectivity index (χ3n) is 3.04. The first-order valence-corrected chi connectivity index (χ1v) is 6.61. The van der Waals surface area contributed by atoms with Gasteiger partial charge in [-0.1, -0.05) is 32.9 Å². The first-order valence-electron chi connectivity index (χ1n) is 6.61. The van der Waals surface area contributed by atoms with E-state index in [9.17, 15) is 0 Å². The van der Waals surface area contributed by atoms with Crippen LogP contribution >= 0.6 is 0 Å². The van der Waals surface area contributed by atoms with E-state index in [0.29, 0.717) is 12.0 Å². The Morgan fingerprint density at radius 1 is 1.29 bits per heavy atom. The van der Waals surface area contributed by atoms with Crippen LogP contribution in [0.2, 0.25) is 0 Å². The number of benzene rings is 1. The summed E-state index contributed by atoms with van der Waals surface area (Å²) in [5.41, 5.74) is 7.19. The summed E-state index contributed by atoms with van der Waals surface area (Å²) in [6.45, 7) is 7.27. The molecule has 96 valence electrons. The maximum atomic E-state index is 5.86. The van der Waals surface area contributed by atoms with Crippen LogP contribution < -0.4 is 10.5 Å². The molecule has 2 nitrogen and oxygen atoms in total. The van der Waals surface area contributed by atoms with E-state index >= 15 is 0 Å². The summed E-state index contributed by atoms with van der Waals surface area (Å²) in [5.74, 6) is 1.52. The minimum absolute atomic E-state index is 0.320. The highest BCUT2D eigenvalue weighted by molar-refractivity contribution is 5.30. The number of nitrogens with two attached hydrogens (primary N) is 1. The Kier molecular flexibility index (Phi) is 6.06. The molecule has 0 fully saturated rings. The predicted octanol–water partition coefficient (Wildman–Crippen LogP) is 3.71. The molecule has 1 aromatic rings. The van der Waals surface area contributed by atoms with Gasteiger partial charge in [0.1, 0.15) is 5.75 Å². The van der Waals surface area contributed by atoms with E-state index in [0.717, 1.165) is 31.6 Å². The van der Waals surface area contributed by atoms with Crippen molar-refractivity contribution < 1.29 is 4.74 Å². The lowest BCUT2D eigenvalue weighted by Gasteiger charge is -2.11. The second-order valence-corrected chi connectivity index (χ2v) is 4.89. The van der Waals surface area contributed by atoms with Crippen molar-refractivity contribution in [2.75, 3.05) is 6.61 Å². The molecule has 0 spiro atoms. The van der Waals surface area contributed by atoms with Crippen LogP contribution in [0.1, 0.15) is 51.5 Å². The lowest BCUT2D eigenvalue weighted by molar-refractivity contribution is 0.300. The molecule has 1 rings (SSSR count). The van der Waals surface area contributed by atoms with Gasteiger partial charge in [-0.3, -0.25) is 0 Å². The van der Waals surface area contributed by atoms with Crippen LogP contribution in [0.4, 0.5) is 0 Å². The number of ether oxygens (including phenoxy) is 1. The highest BCUT2D eigenvalue weighted by Crippen LogP contribution is 2.20. The molecule has 2 heteroatoms. The number of hydrogen-bond acceptors (Lipinski definition) is 2. The van der Waals surface area contributed by atoms with Gasteiger partial charge in [0.05, 0.1) is 6.61 Å². The molecule has 0 aromatic heterocycles. The monoisotopic (exact) mass is 235 g/mol. The smallest absolute Gasteiger partial charge is 0.119 e. The Hall–Kier alpha value is -1.02. The number of hydrogen-bond donors (Lipinski definition) is 1. The van der Waals surface area contributed by atoms with Crippen LogP contribution in [0.5, 0.6) is 5.75 Å². The Morgan fingerprint density at radius 3 is 2.71 bits per heavy atom. The highest BCUT2D eigenvalue weighted by Gasteiger charge is 2.02. The van der Waals surface area contributed by atoms with E-state index in [-0.39, 0.29) is 0 Å². The average Bonchev–Trinajstić information content (AvgIpc) is 2.34. The van der Waals surface area contributed by atoms with E-state index < -0.39 is 0 Å². The van der Waals surface area contributed by atoms with Gasteiger partial charge in [0.15, 0.2) is 0 Å². The van der Waals surface area contributed by atoms with Gasteiger partial charge in [0, 0.05) is 6.04 Å². The van der Waals surface area contributed by atoms with E-state index in [4.69, 9.17) is 10.5 Å². The molecule has 0 saturated carbocycles. The van der Waals surface area contributed by atoms with Crippen LogP contribution in [0.15, 0.2) is 24.3 Å². The Balaban J connectivity index is 2.34. The van der Waals surface area contributed by atoms with Gasteiger partial charge in [-0.25, -0.2) is 0 Å². The zero-order valence-electron chi connectivity index (χ0n) is 11.3. The van der Waals surface area contributed by atoms with Crippen molar-refractivity contribution in [3.63, 3.8) is 0 Å². The number of rotatable bonds is 7. The van der Waals surface area contributed by atoms with Crippen molar-refractivity contribution in [1.82, 2.24) is 0 Å². The van der Waals surface area contributed by atoms with E-state index in [1.165, 1.54) is 5.56 Å². The minimum atomic E-state index is 0.320. The normalized spacial score (nSPS) is 12.8. The molecule has 0 bridgehead atoms. The second kappa shape index (κ2) is 7.33. The molecule has 1 unspecified atom stereocenters. The van der Waals surface area contributed by atoms with Gasteiger partial charge in [-0.05, 0) is 42.9 Å². The zero-order valence-corrected chi connectivity index (χ0v) is 11.3. The summed E-state index contributed by atoms with van der Waals surface area (Å²) < 4.78 is 5.74. The lowest BCUT2D eigenvalue weighted by atomic mass is 10.0. The molecule has 0 aliphatic carbocycles. The maximum absolute atomic E-state index is 5.86. The molecule has 0 amide bonds. The predicted molar refractivity (Wildman–Crippen MR) is 73.5 cm³/mol. The van der Waals surface area contributed by atoms with E-state index in [1.54, 1.807) is 0 Å². The molecule has 17 heavy (non-hydrogen) atoms. The van der Waals surface area contributed by atoms with Gasteiger partial charge in [-0.15, -0.1) is 0 Å². The summed E-state index contributed by atoms with van der Waals surface area (Å²) in [5, 5.41) is 0. The summed E-state index contributed by atoms with van der Waals surface area (Å²) >= 11 is 0. The third-order valence-corrected chi connectivity index (χ3v) is 3.04. The summed E-state index contributed by atoms with van der Waals surface area (Å²) in [6, 6.07) is 8.67. The van der Waals surface area contributed by atoms with Crippen LogP contribution in [0.25, 0.3) is 0 Å².